The second-order valence-corrected chi connectivity index (χ2v) is 8.93. The Labute approximate surface area is 204 Å². The first kappa shape index (κ1) is 23.9. The number of alkyl halides is 3. The lowest BCUT2D eigenvalue weighted by molar-refractivity contribution is -0.137. The van der Waals surface area contributed by atoms with Crippen LogP contribution in [0.2, 0.25) is 0 Å². The molecule has 3 heterocycles. The van der Waals surface area contributed by atoms with E-state index in [1.807, 2.05) is 7.05 Å². The molecule has 1 amide bonds. The minimum Gasteiger partial charge on any atom is -0.490 e. The number of carbonyl (C=O) groups is 1. The minimum absolute atomic E-state index is 0.145. The summed E-state index contributed by atoms with van der Waals surface area (Å²) in [6.45, 7) is 3.29. The molecule has 8 nitrogen and oxygen atoms in total. The van der Waals surface area contributed by atoms with Crippen LogP contribution >= 0.6 is 0 Å². The molecule has 0 radical (unpaired) electrons. The third-order valence-electron chi connectivity index (χ3n) is 6.21. The number of benzene rings is 2. The molecule has 1 aliphatic rings. The molecule has 0 bridgehead atoms. The number of nitrogens with zero attached hydrogens (tertiary/aromatic N) is 3. The van der Waals surface area contributed by atoms with Gasteiger partial charge in [-0.15, -0.1) is 0 Å². The van der Waals surface area contributed by atoms with Gasteiger partial charge in [-0.1, -0.05) is 5.16 Å². The van der Waals surface area contributed by atoms with Crippen molar-refractivity contribution in [3.8, 4) is 17.1 Å². The Morgan fingerprint density at radius 2 is 1.97 bits per heavy atom. The van der Waals surface area contributed by atoms with Crippen LogP contribution in [-0.4, -0.2) is 52.2 Å². The summed E-state index contributed by atoms with van der Waals surface area (Å²) in [6.07, 6.45) is -1.86. The van der Waals surface area contributed by atoms with E-state index in [-0.39, 0.29) is 23.2 Å². The number of rotatable bonds is 5. The number of aryl methyl sites for hydroxylation is 1. The van der Waals surface area contributed by atoms with Gasteiger partial charge in [0.05, 0.1) is 22.8 Å². The number of amides is 1. The first-order valence-corrected chi connectivity index (χ1v) is 11.5. The number of piperidine rings is 1. The highest BCUT2D eigenvalue weighted by atomic mass is 19.4. The number of fused-ring (bicyclic) bond motifs is 1. The highest BCUT2D eigenvalue weighted by Crippen LogP contribution is 2.36. The second-order valence-electron chi connectivity index (χ2n) is 8.93. The third kappa shape index (κ3) is 5.06. The summed E-state index contributed by atoms with van der Waals surface area (Å²) in [6, 6.07) is 8.67. The predicted molar refractivity (Wildman–Crippen MR) is 127 cm³/mol. The predicted octanol–water partition coefficient (Wildman–Crippen LogP) is 5.27. The van der Waals surface area contributed by atoms with Gasteiger partial charge in [0.1, 0.15) is 29.0 Å². The molecule has 36 heavy (non-hydrogen) atoms. The molecule has 0 unspecified atom stereocenters. The number of carbonyl (C=O) groups excluding carboxylic acids is 1. The minimum atomic E-state index is -4.54. The van der Waals surface area contributed by atoms with Crippen molar-refractivity contribution in [2.24, 2.45) is 0 Å². The summed E-state index contributed by atoms with van der Waals surface area (Å²) in [5.41, 5.74) is 1.33. The SMILES string of the molecule is Cc1oncc1C(=O)Nc1ccc2[nH]c(-c3cc(OC4CCN(C)CC4)cc(C(F)(F)F)c3)nc2c1. The van der Waals surface area contributed by atoms with Crippen LogP contribution in [0.5, 0.6) is 5.75 Å². The lowest BCUT2D eigenvalue weighted by Crippen LogP contribution is -2.35. The van der Waals surface area contributed by atoms with Crippen molar-refractivity contribution in [1.82, 2.24) is 20.0 Å². The number of likely N-dealkylation sites (tertiary alicyclic amines) is 1. The van der Waals surface area contributed by atoms with E-state index in [4.69, 9.17) is 9.26 Å². The number of ether oxygens (including phenoxy) is 1. The fourth-order valence-electron chi connectivity index (χ4n) is 4.20. The average Bonchev–Trinajstić information content (AvgIpc) is 3.45. The molecule has 0 saturated carbocycles. The van der Waals surface area contributed by atoms with Crippen LogP contribution in [0.3, 0.4) is 0 Å². The van der Waals surface area contributed by atoms with Crippen molar-refractivity contribution in [3.63, 3.8) is 0 Å². The zero-order chi connectivity index (χ0) is 25.4. The monoisotopic (exact) mass is 499 g/mol. The summed E-state index contributed by atoms with van der Waals surface area (Å²) in [4.78, 5) is 22.2. The molecule has 11 heteroatoms. The maximum atomic E-state index is 13.7. The van der Waals surface area contributed by atoms with E-state index in [0.29, 0.717) is 28.0 Å². The maximum Gasteiger partial charge on any atom is 0.416 e. The molecule has 2 aromatic carbocycles. The van der Waals surface area contributed by atoms with Crippen molar-refractivity contribution >= 4 is 22.6 Å². The van der Waals surface area contributed by atoms with Crippen molar-refractivity contribution in [2.45, 2.75) is 32.0 Å². The summed E-state index contributed by atoms with van der Waals surface area (Å²) in [5.74, 6) is 0.422. The first-order valence-electron chi connectivity index (χ1n) is 11.5. The van der Waals surface area contributed by atoms with E-state index in [1.165, 1.54) is 6.20 Å². The van der Waals surface area contributed by atoms with Crippen LogP contribution in [0.25, 0.3) is 22.4 Å². The van der Waals surface area contributed by atoms with Gasteiger partial charge in [-0.25, -0.2) is 4.98 Å². The number of hydrogen-bond acceptors (Lipinski definition) is 6. The average molecular weight is 499 g/mol. The Bertz CT molecular complexity index is 1400. The van der Waals surface area contributed by atoms with Crippen LogP contribution in [0, 0.1) is 6.92 Å². The number of halogens is 3. The first-order chi connectivity index (χ1) is 17.2. The van der Waals surface area contributed by atoms with E-state index in [1.54, 1.807) is 31.2 Å². The van der Waals surface area contributed by atoms with Crippen LogP contribution in [0.1, 0.15) is 34.5 Å². The zero-order valence-electron chi connectivity index (χ0n) is 19.6. The normalized spacial score (nSPS) is 15.4. The topological polar surface area (TPSA) is 96.3 Å². The molecule has 1 fully saturated rings. The summed E-state index contributed by atoms with van der Waals surface area (Å²) in [7, 11) is 2.01. The molecule has 4 aromatic rings. The highest BCUT2D eigenvalue weighted by molar-refractivity contribution is 6.05. The van der Waals surface area contributed by atoms with Crippen molar-refractivity contribution in [1.29, 1.82) is 0 Å². The van der Waals surface area contributed by atoms with Gasteiger partial charge in [-0.2, -0.15) is 13.2 Å². The number of hydrogen-bond donors (Lipinski definition) is 2. The van der Waals surface area contributed by atoms with Gasteiger partial charge >= 0.3 is 6.18 Å². The fourth-order valence-corrected chi connectivity index (χ4v) is 4.20. The lowest BCUT2D eigenvalue weighted by atomic mass is 10.1. The number of aromatic amines is 1. The molecule has 1 aliphatic heterocycles. The quantitative estimate of drug-likeness (QED) is 0.388. The maximum absolute atomic E-state index is 13.7. The number of nitrogens with one attached hydrogen (secondary N) is 2. The van der Waals surface area contributed by atoms with Gasteiger partial charge < -0.3 is 24.5 Å². The van der Waals surface area contributed by atoms with E-state index < -0.39 is 17.6 Å². The highest BCUT2D eigenvalue weighted by Gasteiger charge is 2.32. The lowest BCUT2D eigenvalue weighted by Gasteiger charge is -2.29. The molecule has 0 spiro atoms. The van der Waals surface area contributed by atoms with Gasteiger partial charge in [0.15, 0.2) is 0 Å². The van der Waals surface area contributed by atoms with E-state index in [9.17, 15) is 18.0 Å². The molecule has 1 saturated heterocycles. The van der Waals surface area contributed by atoms with Crippen molar-refractivity contribution in [2.75, 3.05) is 25.5 Å². The smallest absolute Gasteiger partial charge is 0.416 e. The Hall–Kier alpha value is -3.86. The van der Waals surface area contributed by atoms with Gasteiger partial charge in [-0.05, 0) is 63.2 Å². The molecule has 2 aromatic heterocycles. The molecule has 2 N–H and O–H groups in total. The van der Waals surface area contributed by atoms with Crippen molar-refractivity contribution < 1.29 is 27.2 Å². The second kappa shape index (κ2) is 9.30. The van der Waals surface area contributed by atoms with Gasteiger partial charge in [0.2, 0.25) is 0 Å². The standard InChI is InChI=1S/C25H24F3N5O3/c1-14-20(13-29-36-14)24(34)30-17-3-4-21-22(12-17)32-23(31-21)15-9-16(25(26,27)28)11-19(10-15)35-18-5-7-33(2)8-6-18/h3-4,9-13,18H,5-8H2,1-2H3,(H,30,34)(H,31,32). The van der Waals surface area contributed by atoms with E-state index in [2.05, 4.69) is 25.3 Å². The Morgan fingerprint density at radius 3 is 2.67 bits per heavy atom. The number of imidazole rings is 1. The molecular formula is C25H24F3N5O3. The van der Waals surface area contributed by atoms with E-state index >= 15 is 0 Å². The number of H-pyrrole nitrogens is 1. The number of anilines is 1. The fraction of sp³-hybridized carbons (Fsp3) is 0.320. The summed E-state index contributed by atoms with van der Waals surface area (Å²) < 4.78 is 51.9. The van der Waals surface area contributed by atoms with E-state index in [0.717, 1.165) is 38.1 Å². The molecule has 188 valence electrons. The number of aromatic nitrogens is 3. The van der Waals surface area contributed by atoms with Crippen LogP contribution < -0.4 is 10.1 Å². The molecule has 0 atom stereocenters. The summed E-state index contributed by atoms with van der Waals surface area (Å²) in [5, 5.41) is 6.35. The van der Waals surface area contributed by atoms with Gasteiger partial charge in [0, 0.05) is 24.3 Å². The Balaban J connectivity index is 1.43. The molecular weight excluding hydrogens is 475 g/mol. The third-order valence-corrected chi connectivity index (χ3v) is 6.21. The zero-order valence-corrected chi connectivity index (χ0v) is 19.6. The van der Waals surface area contributed by atoms with Crippen LogP contribution in [0.15, 0.2) is 47.1 Å². The summed E-state index contributed by atoms with van der Waals surface area (Å²) >= 11 is 0. The van der Waals surface area contributed by atoms with Crippen LogP contribution in [0.4, 0.5) is 18.9 Å². The van der Waals surface area contributed by atoms with Crippen molar-refractivity contribution in [3.05, 3.63) is 59.5 Å². The van der Waals surface area contributed by atoms with Crippen LogP contribution in [-0.2, 0) is 6.18 Å². The molecule has 0 aliphatic carbocycles. The Kier molecular flexibility index (Phi) is 6.17. The Morgan fingerprint density at radius 1 is 1.19 bits per heavy atom. The molecule has 5 rings (SSSR count). The van der Waals surface area contributed by atoms with Gasteiger partial charge in [-0.3, -0.25) is 4.79 Å². The van der Waals surface area contributed by atoms with Gasteiger partial charge in [0.25, 0.3) is 5.91 Å². The largest absolute Gasteiger partial charge is 0.490 e.